The molecule has 0 spiro atoms. The van der Waals surface area contributed by atoms with Gasteiger partial charge in [0.05, 0.1) is 11.7 Å². The number of nitrogens with zero attached hydrogens (tertiary/aromatic N) is 4. The Bertz CT molecular complexity index is 662. The van der Waals surface area contributed by atoms with Crippen molar-refractivity contribution >= 4 is 21.9 Å². The Labute approximate surface area is 137 Å². The molecule has 0 aliphatic carbocycles. The van der Waals surface area contributed by atoms with E-state index in [4.69, 9.17) is 0 Å². The van der Waals surface area contributed by atoms with Crippen molar-refractivity contribution in [1.82, 2.24) is 18.4 Å². The van der Waals surface area contributed by atoms with Crippen LogP contribution in [0.25, 0.3) is 0 Å². The van der Waals surface area contributed by atoms with Crippen LogP contribution < -0.4 is 5.32 Å². The van der Waals surface area contributed by atoms with E-state index < -0.39 is 10.2 Å². The maximum absolute atomic E-state index is 12.4. The molecule has 130 valence electrons. The Balaban J connectivity index is 2.38. The van der Waals surface area contributed by atoms with Crippen LogP contribution >= 0.6 is 0 Å². The first-order valence-electron chi connectivity index (χ1n) is 7.78. The molecule has 0 saturated carbocycles. The summed E-state index contributed by atoms with van der Waals surface area (Å²) in [6.07, 6.45) is 3.50. The number of rotatable bonds is 5. The van der Waals surface area contributed by atoms with Gasteiger partial charge in [0.1, 0.15) is 5.82 Å². The highest BCUT2D eigenvalue weighted by atomic mass is 32.2. The van der Waals surface area contributed by atoms with Crippen LogP contribution in [0.1, 0.15) is 44.8 Å². The quantitative estimate of drug-likeness (QED) is 0.863. The van der Waals surface area contributed by atoms with Crippen molar-refractivity contribution in [2.45, 2.75) is 39.2 Å². The van der Waals surface area contributed by atoms with Gasteiger partial charge in [-0.2, -0.15) is 17.8 Å². The number of nitrogens with one attached hydrogen (secondary N) is 1. The SMILES string of the molecule is CC(=O)Nc1cc(C(C)N2CCCCC2)nn1S(=O)(=O)N(C)C. The maximum Gasteiger partial charge on any atom is 0.324 e. The number of piperidine rings is 1. The monoisotopic (exact) mass is 343 g/mol. The Morgan fingerprint density at radius 2 is 1.91 bits per heavy atom. The van der Waals surface area contributed by atoms with Gasteiger partial charge in [-0.3, -0.25) is 9.69 Å². The summed E-state index contributed by atoms with van der Waals surface area (Å²) >= 11 is 0. The second-order valence-electron chi connectivity index (χ2n) is 6.04. The van der Waals surface area contributed by atoms with Crippen molar-refractivity contribution in [3.05, 3.63) is 11.8 Å². The second kappa shape index (κ2) is 6.98. The molecule has 23 heavy (non-hydrogen) atoms. The minimum absolute atomic E-state index is 0.00132. The lowest BCUT2D eigenvalue weighted by Crippen LogP contribution is -2.33. The molecule has 0 aromatic carbocycles. The summed E-state index contributed by atoms with van der Waals surface area (Å²) in [5.74, 6) is -0.164. The Kier molecular flexibility index (Phi) is 5.43. The van der Waals surface area contributed by atoms with Crippen LogP contribution in [0, 0.1) is 0 Å². The molecule has 2 rings (SSSR count). The standard InChI is InChI=1S/C14H25N5O3S/c1-11(18-8-6-5-7-9-18)13-10-14(15-12(2)20)19(16-13)23(21,22)17(3)4/h10-11H,5-9H2,1-4H3,(H,15,20). The van der Waals surface area contributed by atoms with Crippen LogP contribution in [0.4, 0.5) is 5.82 Å². The van der Waals surface area contributed by atoms with E-state index in [1.807, 2.05) is 6.92 Å². The highest BCUT2D eigenvalue weighted by Crippen LogP contribution is 2.26. The fourth-order valence-electron chi connectivity index (χ4n) is 2.67. The van der Waals surface area contributed by atoms with Crippen LogP contribution in [0.3, 0.4) is 0 Å². The van der Waals surface area contributed by atoms with Crippen molar-refractivity contribution in [3.8, 4) is 0 Å². The van der Waals surface area contributed by atoms with Gasteiger partial charge in [0, 0.05) is 27.1 Å². The largest absolute Gasteiger partial charge is 0.324 e. The summed E-state index contributed by atoms with van der Waals surface area (Å²) < 4.78 is 26.8. The van der Waals surface area contributed by atoms with E-state index in [0.717, 1.165) is 34.3 Å². The van der Waals surface area contributed by atoms with Crippen molar-refractivity contribution in [2.24, 2.45) is 0 Å². The Morgan fingerprint density at radius 3 is 2.43 bits per heavy atom. The normalized spacial score (nSPS) is 18.1. The highest BCUT2D eigenvalue weighted by Gasteiger charge is 2.27. The van der Waals surface area contributed by atoms with Gasteiger partial charge in [0.25, 0.3) is 0 Å². The van der Waals surface area contributed by atoms with Gasteiger partial charge >= 0.3 is 10.2 Å². The first-order chi connectivity index (χ1) is 10.7. The molecule has 1 N–H and O–H groups in total. The maximum atomic E-state index is 12.4. The Morgan fingerprint density at radius 1 is 1.30 bits per heavy atom. The number of likely N-dealkylation sites (tertiary alicyclic amines) is 1. The third kappa shape index (κ3) is 3.91. The van der Waals surface area contributed by atoms with Crippen molar-refractivity contribution in [2.75, 3.05) is 32.5 Å². The average molecular weight is 343 g/mol. The molecule has 0 radical (unpaired) electrons. The van der Waals surface area contributed by atoms with E-state index in [1.54, 1.807) is 6.07 Å². The summed E-state index contributed by atoms with van der Waals surface area (Å²) in [4.78, 5) is 13.7. The van der Waals surface area contributed by atoms with Crippen LogP contribution in [0.15, 0.2) is 6.07 Å². The molecule has 1 aliphatic heterocycles. The molecule has 1 fully saturated rings. The zero-order chi connectivity index (χ0) is 17.2. The van der Waals surface area contributed by atoms with Crippen LogP contribution in [-0.4, -0.2) is 59.9 Å². The molecule has 2 heterocycles. The molecule has 1 aliphatic rings. The van der Waals surface area contributed by atoms with Crippen LogP contribution in [0.5, 0.6) is 0 Å². The van der Waals surface area contributed by atoms with E-state index in [1.165, 1.54) is 27.4 Å². The third-order valence-electron chi connectivity index (χ3n) is 4.05. The van der Waals surface area contributed by atoms with Crippen molar-refractivity contribution in [3.63, 3.8) is 0 Å². The number of anilines is 1. The highest BCUT2D eigenvalue weighted by molar-refractivity contribution is 7.87. The van der Waals surface area contributed by atoms with E-state index in [-0.39, 0.29) is 17.8 Å². The summed E-state index contributed by atoms with van der Waals surface area (Å²) in [5.41, 5.74) is 0.640. The van der Waals surface area contributed by atoms with Crippen LogP contribution in [-0.2, 0) is 15.0 Å². The lowest BCUT2D eigenvalue weighted by atomic mass is 10.1. The Hall–Kier alpha value is -1.45. The number of aromatic nitrogens is 2. The molecule has 0 bridgehead atoms. The van der Waals surface area contributed by atoms with Crippen molar-refractivity contribution in [1.29, 1.82) is 0 Å². The number of amides is 1. The fraction of sp³-hybridized carbons (Fsp3) is 0.714. The molecule has 1 unspecified atom stereocenters. The van der Waals surface area contributed by atoms with Crippen LogP contribution in [0.2, 0.25) is 0 Å². The fourth-order valence-corrected chi connectivity index (χ4v) is 3.53. The summed E-state index contributed by atoms with van der Waals surface area (Å²) in [6, 6.07) is 1.64. The second-order valence-corrected chi connectivity index (χ2v) is 8.01. The molecule has 9 heteroatoms. The van der Waals surface area contributed by atoms with E-state index >= 15 is 0 Å². The van der Waals surface area contributed by atoms with Gasteiger partial charge in [0.15, 0.2) is 0 Å². The number of carbonyl (C=O) groups is 1. The topological polar surface area (TPSA) is 87.5 Å². The van der Waals surface area contributed by atoms with E-state index in [0.29, 0.717) is 5.69 Å². The molecular formula is C14H25N5O3S. The zero-order valence-corrected chi connectivity index (χ0v) is 14.9. The lowest BCUT2D eigenvalue weighted by Gasteiger charge is -2.31. The van der Waals surface area contributed by atoms with E-state index in [2.05, 4.69) is 15.3 Å². The average Bonchev–Trinajstić information content (AvgIpc) is 2.91. The molecule has 1 saturated heterocycles. The van der Waals surface area contributed by atoms with Gasteiger partial charge in [-0.05, 0) is 32.9 Å². The third-order valence-corrected chi connectivity index (χ3v) is 5.69. The number of hydrogen-bond donors (Lipinski definition) is 1. The molecule has 1 aromatic rings. The van der Waals surface area contributed by atoms with Gasteiger partial charge < -0.3 is 5.32 Å². The first-order valence-corrected chi connectivity index (χ1v) is 9.18. The molecule has 1 aromatic heterocycles. The minimum Gasteiger partial charge on any atom is -0.310 e. The predicted octanol–water partition coefficient (Wildman–Crippen LogP) is 1.04. The van der Waals surface area contributed by atoms with Crippen molar-refractivity contribution < 1.29 is 13.2 Å². The van der Waals surface area contributed by atoms with Gasteiger partial charge in [-0.1, -0.05) is 6.42 Å². The van der Waals surface area contributed by atoms with E-state index in [9.17, 15) is 13.2 Å². The van der Waals surface area contributed by atoms with Gasteiger partial charge in [0.2, 0.25) is 5.91 Å². The molecular weight excluding hydrogens is 318 g/mol. The predicted molar refractivity (Wildman–Crippen MR) is 88.4 cm³/mol. The molecule has 1 atom stereocenters. The van der Waals surface area contributed by atoms with Gasteiger partial charge in [-0.25, -0.2) is 0 Å². The number of hydrogen-bond acceptors (Lipinski definition) is 5. The summed E-state index contributed by atoms with van der Waals surface area (Å²) in [6.45, 7) is 5.30. The smallest absolute Gasteiger partial charge is 0.310 e. The number of carbonyl (C=O) groups excluding carboxylic acids is 1. The lowest BCUT2D eigenvalue weighted by molar-refractivity contribution is -0.114. The minimum atomic E-state index is -3.79. The zero-order valence-electron chi connectivity index (χ0n) is 14.1. The molecule has 1 amide bonds. The first kappa shape index (κ1) is 17.9. The van der Waals surface area contributed by atoms with Gasteiger partial charge in [-0.15, -0.1) is 4.09 Å². The summed E-state index contributed by atoms with van der Waals surface area (Å²) in [5, 5.41) is 6.81. The molecule has 8 nitrogen and oxygen atoms in total. The summed E-state index contributed by atoms with van der Waals surface area (Å²) in [7, 11) is -0.925.